The number of carbonyl (C=O) groups is 2. The fourth-order valence-corrected chi connectivity index (χ4v) is 1.44. The van der Waals surface area contributed by atoms with Crippen molar-refractivity contribution in [3.8, 4) is 0 Å². The van der Waals surface area contributed by atoms with Crippen LogP contribution in [0.5, 0.6) is 0 Å². The standard InChI is InChI=1S/C13H19N3O2/c1-4-16(3)11(17)8-15-13(18)10-7-5-6-9(2)12(10)14/h5-7H,4,8,14H2,1-3H3,(H,15,18). The minimum atomic E-state index is -0.325. The number of nitrogens with one attached hydrogen (secondary N) is 1. The maximum absolute atomic E-state index is 11.9. The van der Waals surface area contributed by atoms with E-state index in [1.54, 1.807) is 24.1 Å². The van der Waals surface area contributed by atoms with E-state index in [0.29, 0.717) is 17.8 Å². The van der Waals surface area contributed by atoms with Gasteiger partial charge in [-0.3, -0.25) is 9.59 Å². The average molecular weight is 249 g/mol. The lowest BCUT2D eigenvalue weighted by atomic mass is 10.1. The topological polar surface area (TPSA) is 75.4 Å². The molecule has 0 heterocycles. The van der Waals surface area contributed by atoms with Crippen molar-refractivity contribution in [2.45, 2.75) is 13.8 Å². The van der Waals surface area contributed by atoms with Crippen molar-refractivity contribution in [1.82, 2.24) is 10.2 Å². The molecule has 0 aromatic heterocycles. The van der Waals surface area contributed by atoms with Crippen LogP contribution in [-0.2, 0) is 4.79 Å². The molecule has 5 heteroatoms. The predicted octanol–water partition coefficient (Wildman–Crippen LogP) is 0.785. The summed E-state index contributed by atoms with van der Waals surface area (Å²) in [7, 11) is 1.69. The lowest BCUT2D eigenvalue weighted by Gasteiger charge is -2.15. The number of rotatable bonds is 4. The summed E-state index contributed by atoms with van der Waals surface area (Å²) in [6.45, 7) is 4.30. The minimum Gasteiger partial charge on any atom is -0.398 e. The monoisotopic (exact) mass is 249 g/mol. The number of amides is 2. The minimum absolute atomic E-state index is 0.0173. The van der Waals surface area contributed by atoms with Gasteiger partial charge in [0, 0.05) is 19.3 Å². The highest BCUT2D eigenvalue weighted by molar-refractivity contribution is 6.01. The molecule has 3 N–H and O–H groups in total. The van der Waals surface area contributed by atoms with Crippen molar-refractivity contribution >= 4 is 17.5 Å². The fraction of sp³-hybridized carbons (Fsp3) is 0.385. The molecule has 0 unspecified atom stereocenters. The first-order valence-electron chi connectivity index (χ1n) is 5.84. The van der Waals surface area contributed by atoms with Gasteiger partial charge in [0.1, 0.15) is 0 Å². The molecule has 1 aromatic carbocycles. The molecule has 0 saturated carbocycles. The first-order chi connectivity index (χ1) is 8.47. The maximum Gasteiger partial charge on any atom is 0.253 e. The Bertz CT molecular complexity index is 458. The Morgan fingerprint density at radius 1 is 1.39 bits per heavy atom. The van der Waals surface area contributed by atoms with Gasteiger partial charge in [-0.05, 0) is 25.5 Å². The highest BCUT2D eigenvalue weighted by Gasteiger charge is 2.13. The number of nitrogen functional groups attached to an aromatic ring is 1. The summed E-state index contributed by atoms with van der Waals surface area (Å²) in [6.07, 6.45) is 0. The molecule has 0 spiro atoms. The Balaban J connectivity index is 2.67. The normalized spacial score (nSPS) is 9.94. The number of hydrogen-bond donors (Lipinski definition) is 2. The second-order valence-electron chi connectivity index (χ2n) is 4.13. The molecule has 0 radical (unpaired) electrons. The highest BCUT2D eigenvalue weighted by atomic mass is 16.2. The molecule has 0 atom stereocenters. The maximum atomic E-state index is 11.9. The molecule has 98 valence electrons. The second kappa shape index (κ2) is 6.05. The van der Waals surface area contributed by atoms with Gasteiger partial charge in [0.25, 0.3) is 5.91 Å². The van der Waals surface area contributed by atoms with Crippen molar-refractivity contribution in [2.24, 2.45) is 0 Å². The van der Waals surface area contributed by atoms with E-state index in [1.807, 2.05) is 19.9 Å². The van der Waals surface area contributed by atoms with Gasteiger partial charge < -0.3 is 16.0 Å². The van der Waals surface area contributed by atoms with Crippen LogP contribution in [0.1, 0.15) is 22.8 Å². The van der Waals surface area contributed by atoms with Gasteiger partial charge >= 0.3 is 0 Å². The number of likely N-dealkylation sites (N-methyl/N-ethyl adjacent to an activating group) is 1. The van der Waals surface area contributed by atoms with Gasteiger partial charge in [-0.25, -0.2) is 0 Å². The molecule has 0 bridgehead atoms. The van der Waals surface area contributed by atoms with E-state index in [2.05, 4.69) is 5.32 Å². The number of para-hydroxylation sites is 1. The van der Waals surface area contributed by atoms with Gasteiger partial charge in [0.15, 0.2) is 0 Å². The summed E-state index contributed by atoms with van der Waals surface area (Å²) in [5.74, 6) is -0.453. The Morgan fingerprint density at radius 2 is 2.06 bits per heavy atom. The zero-order valence-corrected chi connectivity index (χ0v) is 11.0. The van der Waals surface area contributed by atoms with Crippen LogP contribution in [0.4, 0.5) is 5.69 Å². The SMILES string of the molecule is CCN(C)C(=O)CNC(=O)c1cccc(C)c1N. The van der Waals surface area contributed by atoms with Crippen LogP contribution in [0, 0.1) is 6.92 Å². The van der Waals surface area contributed by atoms with Gasteiger partial charge in [-0.2, -0.15) is 0 Å². The number of hydrogen-bond acceptors (Lipinski definition) is 3. The molecule has 5 nitrogen and oxygen atoms in total. The van der Waals surface area contributed by atoms with E-state index >= 15 is 0 Å². The zero-order chi connectivity index (χ0) is 13.7. The number of benzene rings is 1. The van der Waals surface area contributed by atoms with E-state index < -0.39 is 0 Å². The van der Waals surface area contributed by atoms with Crippen LogP contribution in [-0.4, -0.2) is 36.9 Å². The van der Waals surface area contributed by atoms with Crippen molar-refractivity contribution < 1.29 is 9.59 Å². The van der Waals surface area contributed by atoms with E-state index in [1.165, 1.54) is 0 Å². The van der Waals surface area contributed by atoms with Crippen molar-refractivity contribution in [3.63, 3.8) is 0 Å². The lowest BCUT2D eigenvalue weighted by Crippen LogP contribution is -2.38. The van der Waals surface area contributed by atoms with Crippen LogP contribution in [0.2, 0.25) is 0 Å². The number of aryl methyl sites for hydroxylation is 1. The molecule has 0 aliphatic rings. The summed E-state index contributed by atoms with van der Waals surface area (Å²) in [5.41, 5.74) is 7.52. The van der Waals surface area contributed by atoms with Crippen molar-refractivity contribution in [3.05, 3.63) is 29.3 Å². The first kappa shape index (κ1) is 14.0. The quantitative estimate of drug-likeness (QED) is 0.774. The summed E-state index contributed by atoms with van der Waals surface area (Å²) in [6, 6.07) is 5.24. The Kier molecular flexibility index (Phi) is 4.71. The largest absolute Gasteiger partial charge is 0.398 e. The fourth-order valence-electron chi connectivity index (χ4n) is 1.44. The number of anilines is 1. The van der Waals surface area contributed by atoms with Gasteiger partial charge in [-0.15, -0.1) is 0 Å². The van der Waals surface area contributed by atoms with Crippen LogP contribution in [0.15, 0.2) is 18.2 Å². The Morgan fingerprint density at radius 3 is 2.67 bits per heavy atom. The molecule has 1 rings (SSSR count). The van der Waals surface area contributed by atoms with Gasteiger partial charge in [0.05, 0.1) is 12.1 Å². The van der Waals surface area contributed by atoms with E-state index in [-0.39, 0.29) is 18.4 Å². The third kappa shape index (κ3) is 3.23. The summed E-state index contributed by atoms with van der Waals surface area (Å²) < 4.78 is 0. The van der Waals surface area contributed by atoms with Crippen LogP contribution >= 0.6 is 0 Å². The van der Waals surface area contributed by atoms with Crippen molar-refractivity contribution in [2.75, 3.05) is 25.9 Å². The smallest absolute Gasteiger partial charge is 0.253 e. The summed E-state index contributed by atoms with van der Waals surface area (Å²) in [5, 5.41) is 2.57. The van der Waals surface area contributed by atoms with Gasteiger partial charge in [0.2, 0.25) is 5.91 Å². The lowest BCUT2D eigenvalue weighted by molar-refractivity contribution is -0.128. The molecule has 0 saturated heterocycles. The Labute approximate surface area is 107 Å². The molecule has 2 amide bonds. The molecule has 18 heavy (non-hydrogen) atoms. The molecule has 0 aliphatic heterocycles. The third-order valence-electron chi connectivity index (χ3n) is 2.87. The van der Waals surface area contributed by atoms with E-state index in [9.17, 15) is 9.59 Å². The number of nitrogens with two attached hydrogens (primary N) is 1. The van der Waals surface area contributed by atoms with Gasteiger partial charge in [-0.1, -0.05) is 12.1 Å². The Hall–Kier alpha value is -2.04. The molecular formula is C13H19N3O2. The predicted molar refractivity (Wildman–Crippen MR) is 71.2 cm³/mol. The molecule has 0 fully saturated rings. The van der Waals surface area contributed by atoms with Crippen LogP contribution < -0.4 is 11.1 Å². The van der Waals surface area contributed by atoms with E-state index in [0.717, 1.165) is 5.56 Å². The molecular weight excluding hydrogens is 230 g/mol. The summed E-state index contributed by atoms with van der Waals surface area (Å²) >= 11 is 0. The molecule has 1 aromatic rings. The van der Waals surface area contributed by atoms with Crippen LogP contribution in [0.25, 0.3) is 0 Å². The third-order valence-corrected chi connectivity index (χ3v) is 2.87. The first-order valence-corrected chi connectivity index (χ1v) is 5.84. The zero-order valence-electron chi connectivity index (χ0n) is 11.0. The highest BCUT2D eigenvalue weighted by Crippen LogP contribution is 2.15. The average Bonchev–Trinajstić information content (AvgIpc) is 2.37. The second-order valence-corrected chi connectivity index (χ2v) is 4.13. The molecule has 0 aliphatic carbocycles. The number of nitrogens with zero attached hydrogens (tertiary/aromatic N) is 1. The van der Waals surface area contributed by atoms with E-state index in [4.69, 9.17) is 5.73 Å². The summed E-state index contributed by atoms with van der Waals surface area (Å²) in [4.78, 5) is 25.0. The number of carbonyl (C=O) groups excluding carboxylic acids is 2. The van der Waals surface area contributed by atoms with Crippen LogP contribution in [0.3, 0.4) is 0 Å². The van der Waals surface area contributed by atoms with Crippen molar-refractivity contribution in [1.29, 1.82) is 0 Å².